The van der Waals surface area contributed by atoms with Crippen LogP contribution in [-0.4, -0.2) is 19.6 Å². The Morgan fingerprint density at radius 3 is 2.78 bits per heavy atom. The Morgan fingerprint density at radius 2 is 2.17 bits per heavy atom. The summed E-state index contributed by atoms with van der Waals surface area (Å²) in [5, 5.41) is 2.93. The van der Waals surface area contributed by atoms with E-state index in [-0.39, 0.29) is 0 Å². The monoisotopic (exact) mass is 259 g/mol. The number of ether oxygens (including phenoxy) is 1. The van der Waals surface area contributed by atoms with Crippen molar-refractivity contribution in [3.63, 3.8) is 0 Å². The topological polar surface area (TPSA) is 38.3 Å². The normalized spacial score (nSPS) is 19.2. The standard InChI is InChI=1S/C12H12F3NO2/c1-18-11(17)10-9-3-2-8(12(13,14)15)6-7(9)4-5-16-10/h2-3,6,10,16H,4-5H2,1H3. The van der Waals surface area contributed by atoms with Crippen molar-refractivity contribution >= 4 is 5.97 Å². The van der Waals surface area contributed by atoms with Crippen LogP contribution in [0.1, 0.15) is 22.7 Å². The summed E-state index contributed by atoms with van der Waals surface area (Å²) in [5.41, 5.74) is 0.409. The molecule has 0 aromatic heterocycles. The third-order valence-electron chi connectivity index (χ3n) is 2.96. The van der Waals surface area contributed by atoms with Gasteiger partial charge in [0.2, 0.25) is 0 Å². The molecule has 0 saturated carbocycles. The number of alkyl halides is 3. The Bertz CT molecular complexity index is 471. The molecular weight excluding hydrogens is 247 g/mol. The summed E-state index contributed by atoms with van der Waals surface area (Å²) in [4.78, 5) is 11.5. The molecule has 1 aromatic carbocycles. The van der Waals surface area contributed by atoms with Crippen LogP contribution < -0.4 is 5.32 Å². The number of benzene rings is 1. The van der Waals surface area contributed by atoms with E-state index in [0.717, 1.165) is 12.1 Å². The number of nitrogens with one attached hydrogen (secondary N) is 1. The first-order chi connectivity index (χ1) is 8.43. The molecule has 98 valence electrons. The molecule has 2 rings (SSSR count). The molecule has 1 aromatic rings. The number of carbonyl (C=O) groups is 1. The van der Waals surface area contributed by atoms with Crippen molar-refractivity contribution < 1.29 is 22.7 Å². The molecule has 0 bridgehead atoms. The van der Waals surface area contributed by atoms with E-state index < -0.39 is 23.8 Å². The van der Waals surface area contributed by atoms with Gasteiger partial charge in [-0.15, -0.1) is 0 Å². The second-order valence-corrected chi connectivity index (χ2v) is 4.07. The Kier molecular flexibility index (Phi) is 3.30. The van der Waals surface area contributed by atoms with Crippen LogP contribution in [0.2, 0.25) is 0 Å². The molecule has 3 nitrogen and oxygen atoms in total. The van der Waals surface area contributed by atoms with Gasteiger partial charge in [0.05, 0.1) is 12.7 Å². The Balaban J connectivity index is 2.40. The molecule has 1 atom stereocenters. The molecule has 0 amide bonds. The molecule has 1 unspecified atom stereocenters. The van der Waals surface area contributed by atoms with Crippen LogP contribution in [0.4, 0.5) is 13.2 Å². The molecule has 0 radical (unpaired) electrons. The second kappa shape index (κ2) is 4.61. The van der Waals surface area contributed by atoms with Crippen LogP contribution in [0.5, 0.6) is 0 Å². The maximum absolute atomic E-state index is 12.6. The van der Waals surface area contributed by atoms with E-state index in [1.54, 1.807) is 0 Å². The van der Waals surface area contributed by atoms with Gasteiger partial charge in [-0.05, 0) is 29.7 Å². The van der Waals surface area contributed by atoms with E-state index in [0.29, 0.717) is 24.1 Å². The highest BCUT2D eigenvalue weighted by Gasteiger charge is 2.33. The number of hydrogen-bond acceptors (Lipinski definition) is 3. The largest absolute Gasteiger partial charge is 0.468 e. The van der Waals surface area contributed by atoms with Gasteiger partial charge in [0.15, 0.2) is 0 Å². The fourth-order valence-corrected chi connectivity index (χ4v) is 2.07. The lowest BCUT2D eigenvalue weighted by atomic mass is 9.92. The number of methoxy groups -OCH3 is 1. The number of hydrogen-bond donors (Lipinski definition) is 1. The summed E-state index contributed by atoms with van der Waals surface area (Å²) in [6.45, 7) is 0.452. The average Bonchev–Trinajstić information content (AvgIpc) is 2.35. The van der Waals surface area contributed by atoms with Gasteiger partial charge < -0.3 is 10.1 Å². The minimum atomic E-state index is -4.36. The van der Waals surface area contributed by atoms with Gasteiger partial charge in [-0.1, -0.05) is 6.07 Å². The van der Waals surface area contributed by atoms with Gasteiger partial charge in [0, 0.05) is 6.54 Å². The van der Waals surface area contributed by atoms with E-state index in [1.165, 1.54) is 13.2 Å². The number of rotatable bonds is 1. The smallest absolute Gasteiger partial charge is 0.416 e. The van der Waals surface area contributed by atoms with Crippen molar-refractivity contribution in [2.45, 2.75) is 18.6 Å². The number of halogens is 3. The van der Waals surface area contributed by atoms with Crippen LogP contribution in [0.3, 0.4) is 0 Å². The van der Waals surface area contributed by atoms with E-state index in [9.17, 15) is 18.0 Å². The van der Waals surface area contributed by atoms with Crippen LogP contribution in [0.15, 0.2) is 18.2 Å². The summed E-state index contributed by atoms with van der Waals surface area (Å²) < 4.78 is 42.3. The number of carbonyl (C=O) groups excluding carboxylic acids is 1. The molecule has 1 heterocycles. The van der Waals surface area contributed by atoms with Crippen LogP contribution in [0, 0.1) is 0 Å². The van der Waals surface area contributed by atoms with Gasteiger partial charge in [-0.2, -0.15) is 13.2 Å². The molecule has 0 spiro atoms. The summed E-state index contributed by atoms with van der Waals surface area (Å²) in [6.07, 6.45) is -3.90. The Morgan fingerprint density at radius 1 is 1.44 bits per heavy atom. The van der Waals surface area contributed by atoms with Crippen molar-refractivity contribution in [1.29, 1.82) is 0 Å². The molecule has 6 heteroatoms. The lowest BCUT2D eigenvalue weighted by Crippen LogP contribution is -2.36. The lowest BCUT2D eigenvalue weighted by molar-refractivity contribution is -0.143. The molecule has 1 aliphatic heterocycles. The van der Waals surface area contributed by atoms with E-state index in [4.69, 9.17) is 0 Å². The van der Waals surface area contributed by atoms with Gasteiger partial charge in [0.1, 0.15) is 6.04 Å². The van der Waals surface area contributed by atoms with Crippen LogP contribution >= 0.6 is 0 Å². The molecule has 1 N–H and O–H groups in total. The van der Waals surface area contributed by atoms with Crippen molar-refractivity contribution in [3.05, 3.63) is 34.9 Å². The zero-order chi connectivity index (χ0) is 13.3. The quantitative estimate of drug-likeness (QED) is 0.785. The Hall–Kier alpha value is -1.56. The third kappa shape index (κ3) is 2.33. The molecule has 0 aliphatic carbocycles. The summed E-state index contributed by atoms with van der Waals surface area (Å²) in [7, 11) is 1.25. The van der Waals surface area contributed by atoms with Gasteiger partial charge in [-0.25, -0.2) is 4.79 Å². The lowest BCUT2D eigenvalue weighted by Gasteiger charge is -2.25. The minimum Gasteiger partial charge on any atom is -0.468 e. The van der Waals surface area contributed by atoms with Crippen LogP contribution in [0.25, 0.3) is 0 Å². The predicted octanol–water partition coefficient (Wildman–Crippen LogP) is 2.07. The highest BCUT2D eigenvalue weighted by molar-refractivity contribution is 5.78. The first kappa shape index (κ1) is 12.9. The first-order valence-corrected chi connectivity index (χ1v) is 5.44. The number of fused-ring (bicyclic) bond motifs is 1. The van der Waals surface area contributed by atoms with Crippen molar-refractivity contribution in [2.24, 2.45) is 0 Å². The zero-order valence-corrected chi connectivity index (χ0v) is 9.67. The van der Waals surface area contributed by atoms with Crippen molar-refractivity contribution in [3.8, 4) is 0 Å². The van der Waals surface area contributed by atoms with Gasteiger partial charge in [-0.3, -0.25) is 0 Å². The third-order valence-corrected chi connectivity index (χ3v) is 2.96. The summed E-state index contributed by atoms with van der Waals surface area (Å²) in [6, 6.07) is 2.75. The highest BCUT2D eigenvalue weighted by Crippen LogP contribution is 2.33. The summed E-state index contributed by atoms with van der Waals surface area (Å²) >= 11 is 0. The van der Waals surface area contributed by atoms with Gasteiger partial charge in [0.25, 0.3) is 0 Å². The van der Waals surface area contributed by atoms with E-state index in [1.807, 2.05) is 0 Å². The second-order valence-electron chi connectivity index (χ2n) is 4.07. The van der Waals surface area contributed by atoms with Crippen molar-refractivity contribution in [2.75, 3.05) is 13.7 Å². The van der Waals surface area contributed by atoms with Crippen molar-refractivity contribution in [1.82, 2.24) is 5.32 Å². The molecule has 1 aliphatic rings. The fourth-order valence-electron chi connectivity index (χ4n) is 2.07. The van der Waals surface area contributed by atoms with Crippen LogP contribution in [-0.2, 0) is 22.1 Å². The Labute approximate surface area is 102 Å². The maximum Gasteiger partial charge on any atom is 0.416 e. The number of esters is 1. The van der Waals surface area contributed by atoms with E-state index >= 15 is 0 Å². The molecule has 0 saturated heterocycles. The SMILES string of the molecule is COC(=O)C1NCCc2cc(C(F)(F)F)ccc21. The highest BCUT2D eigenvalue weighted by atomic mass is 19.4. The molecule has 18 heavy (non-hydrogen) atoms. The molecular formula is C12H12F3NO2. The average molecular weight is 259 g/mol. The van der Waals surface area contributed by atoms with E-state index in [2.05, 4.69) is 10.1 Å². The molecule has 0 fully saturated rings. The fraction of sp³-hybridized carbons (Fsp3) is 0.417. The first-order valence-electron chi connectivity index (χ1n) is 5.44. The predicted molar refractivity (Wildman–Crippen MR) is 57.9 cm³/mol. The maximum atomic E-state index is 12.6. The summed E-state index contributed by atoms with van der Waals surface area (Å²) in [5.74, 6) is -0.490. The minimum absolute atomic E-state index is 0.452. The zero-order valence-electron chi connectivity index (χ0n) is 9.67. The van der Waals surface area contributed by atoms with Gasteiger partial charge >= 0.3 is 12.1 Å².